The van der Waals surface area contributed by atoms with Gasteiger partial charge in [0, 0.05) is 70.0 Å². The molecule has 0 N–H and O–H groups in total. The molecular weight excluding hydrogens is 785 g/mol. The first kappa shape index (κ1) is 38.4. The molecule has 4 bridgehead atoms. The molecule has 0 radical (unpaired) electrons. The topological polar surface area (TPSA) is 101 Å². The Hall–Kier alpha value is -4.12. The molecule has 3 aliphatic carbocycles. The molecule has 0 unspecified atom stereocenters. The number of aromatic nitrogens is 2. The van der Waals surface area contributed by atoms with E-state index in [1.165, 1.54) is 0 Å². The number of ether oxygens (including phenoxy) is 2. The van der Waals surface area contributed by atoms with Crippen LogP contribution in [0.25, 0.3) is 32.9 Å². The van der Waals surface area contributed by atoms with Gasteiger partial charge in [-0.2, -0.15) is 5.26 Å². The van der Waals surface area contributed by atoms with Gasteiger partial charge >= 0.3 is 12.5 Å². The number of pyridine rings is 1. The van der Waals surface area contributed by atoms with Crippen molar-refractivity contribution in [3.63, 3.8) is 0 Å². The van der Waals surface area contributed by atoms with Crippen LogP contribution in [0.15, 0.2) is 30.3 Å². The van der Waals surface area contributed by atoms with E-state index in [-0.39, 0.29) is 70.2 Å². The van der Waals surface area contributed by atoms with Crippen LogP contribution in [0, 0.1) is 41.8 Å². The molecule has 0 spiro atoms. The second-order valence-corrected chi connectivity index (χ2v) is 18.1. The highest BCUT2D eigenvalue weighted by Gasteiger charge is 2.61. The summed E-state index contributed by atoms with van der Waals surface area (Å²) in [5.74, 6) is -1.64. The summed E-state index contributed by atoms with van der Waals surface area (Å²) in [6.07, 6.45) is -3.70. The Morgan fingerprint density at radius 1 is 1.07 bits per heavy atom. The lowest BCUT2D eigenvalue weighted by Crippen LogP contribution is -2.48. The number of nitrogens with zero attached hydrogens (tertiary/aromatic N) is 5. The van der Waals surface area contributed by atoms with Crippen LogP contribution >= 0.6 is 23.2 Å². The van der Waals surface area contributed by atoms with Crippen molar-refractivity contribution in [1.82, 2.24) is 19.4 Å². The van der Waals surface area contributed by atoms with E-state index in [1.54, 1.807) is 55.7 Å². The number of amides is 2. The molecule has 15 heteroatoms. The Labute approximate surface area is 336 Å². The number of hydrogen-bond donors (Lipinski definition) is 0. The van der Waals surface area contributed by atoms with E-state index in [0.29, 0.717) is 58.2 Å². The van der Waals surface area contributed by atoms with E-state index in [0.717, 1.165) is 12.8 Å². The number of carbonyl (C=O) groups is 2. The second-order valence-electron chi connectivity index (χ2n) is 17.3. The zero-order valence-electron chi connectivity index (χ0n) is 31.8. The average Bonchev–Trinajstić information content (AvgIpc) is 3.43. The van der Waals surface area contributed by atoms with Crippen molar-refractivity contribution in [3.8, 4) is 17.2 Å². The fraction of sp³-hybridized carbons (Fsp3) is 0.524. The molecule has 10 rings (SSSR count). The van der Waals surface area contributed by atoms with E-state index < -0.39 is 48.0 Å². The lowest BCUT2D eigenvalue weighted by Gasteiger charge is -2.43. The molecule has 6 aliphatic rings. The maximum Gasteiger partial charge on any atom is 0.522 e. The number of aryl methyl sites for hydroxylation is 2. The minimum absolute atomic E-state index is 0.0467. The van der Waals surface area contributed by atoms with E-state index in [4.69, 9.17) is 37.7 Å². The molecule has 2 aromatic heterocycles. The average molecular weight is 827 g/mol. The third kappa shape index (κ3) is 6.32. The zero-order valence-corrected chi connectivity index (χ0v) is 33.3. The van der Waals surface area contributed by atoms with Crippen molar-refractivity contribution in [3.05, 3.63) is 63.1 Å². The van der Waals surface area contributed by atoms with Crippen molar-refractivity contribution in [2.24, 2.45) is 17.8 Å². The van der Waals surface area contributed by atoms with E-state index >= 15 is 4.39 Å². The number of halogens is 6. The van der Waals surface area contributed by atoms with Crippen LogP contribution in [-0.4, -0.2) is 68.0 Å². The summed E-state index contributed by atoms with van der Waals surface area (Å²) in [5.41, 5.74) is 2.03. The van der Waals surface area contributed by atoms with Gasteiger partial charge in [0.25, 0.3) is 0 Å². The van der Waals surface area contributed by atoms with Crippen molar-refractivity contribution < 1.29 is 36.6 Å². The number of benzene rings is 2. The predicted molar refractivity (Wildman–Crippen MR) is 205 cm³/mol. The minimum atomic E-state index is -4.86. The molecule has 4 aromatic rings. The summed E-state index contributed by atoms with van der Waals surface area (Å²) in [6, 6.07) is 8.93. The van der Waals surface area contributed by atoms with Crippen LogP contribution in [-0.2, 0) is 20.7 Å². The predicted octanol–water partition coefficient (Wildman–Crippen LogP) is 10.2. The quantitative estimate of drug-likeness (QED) is 0.172. The maximum atomic E-state index is 17.4. The highest BCUT2D eigenvalue weighted by Crippen LogP contribution is 2.58. The van der Waals surface area contributed by atoms with Gasteiger partial charge in [0.15, 0.2) is 5.82 Å². The monoisotopic (exact) mass is 825 g/mol. The number of fused-ring (bicyclic) bond motifs is 6. The van der Waals surface area contributed by atoms with Crippen LogP contribution in [0.5, 0.6) is 0 Å². The number of likely N-dealkylation sites (tertiary alicyclic amines) is 1. The molecule has 5 heterocycles. The summed E-state index contributed by atoms with van der Waals surface area (Å²) < 4.78 is 71.7. The van der Waals surface area contributed by atoms with Gasteiger partial charge in [-0.1, -0.05) is 35.3 Å². The number of hydrogen-bond acceptors (Lipinski definition) is 6. The lowest BCUT2D eigenvalue weighted by molar-refractivity contribution is -0.349. The van der Waals surface area contributed by atoms with Gasteiger partial charge in [0.1, 0.15) is 11.1 Å². The largest absolute Gasteiger partial charge is 0.522 e. The number of rotatable bonds is 7. The van der Waals surface area contributed by atoms with Gasteiger partial charge in [-0.3, -0.25) is 9.53 Å². The minimum Gasteiger partial charge on any atom is -0.444 e. The normalized spacial score (nSPS) is 26.7. The van der Waals surface area contributed by atoms with E-state index in [2.05, 4.69) is 10.6 Å². The molecule has 9 nitrogen and oxygen atoms in total. The fourth-order valence-corrected chi connectivity index (χ4v) is 10.7. The van der Waals surface area contributed by atoms with Crippen LogP contribution in [0.2, 0.25) is 10.0 Å². The molecule has 2 amide bonds. The Bertz CT molecular complexity index is 2400. The van der Waals surface area contributed by atoms with E-state index in [9.17, 15) is 28.0 Å². The Balaban J connectivity index is 1.30. The van der Waals surface area contributed by atoms with Gasteiger partial charge in [0.05, 0.1) is 45.9 Å². The molecule has 2 aromatic carbocycles. The number of alkyl halides is 3. The van der Waals surface area contributed by atoms with Crippen molar-refractivity contribution in [1.29, 1.82) is 5.26 Å². The first-order valence-electron chi connectivity index (χ1n) is 19.5. The third-order valence-electron chi connectivity index (χ3n) is 12.6. The molecule has 57 heavy (non-hydrogen) atoms. The lowest BCUT2D eigenvalue weighted by atomic mass is 9.79. The van der Waals surface area contributed by atoms with Crippen LogP contribution in [0.1, 0.15) is 88.3 Å². The Morgan fingerprint density at radius 3 is 2.51 bits per heavy atom. The van der Waals surface area contributed by atoms with E-state index in [1.807, 2.05) is 12.1 Å². The molecular formula is C42H41Cl2F4N5O4. The highest BCUT2D eigenvalue weighted by molar-refractivity contribution is 6.43. The van der Waals surface area contributed by atoms with Gasteiger partial charge < -0.3 is 19.1 Å². The summed E-state index contributed by atoms with van der Waals surface area (Å²) in [6.45, 7) is 7.55. The molecule has 300 valence electrons. The van der Waals surface area contributed by atoms with Crippen molar-refractivity contribution in [2.75, 3.05) is 6.54 Å². The standard InChI is InChI=1S/C42H41Cl2F4N5O4/c1-19-25-17-30(38-26-15-23(16-31(26)56-42(46,47)48)52(38)39(54)20-10-11-20)53(36-22-14-29(36)51(18-22)40(55)57-41(2,3)4)37(25)27-13-21(7-6-12-49)32(34(45)35(27)50-19)24-8-5-9-28(43)33(24)44/h5,8-9,13,17,20,22-23,26,29,31,36,38H,6-7,10-11,14-16,18H2,1-4H3/t22-,23-,26+,29-,31+,36+,38-/m1/s1. The maximum absolute atomic E-state index is 17.4. The summed E-state index contributed by atoms with van der Waals surface area (Å²) in [4.78, 5) is 36.1. The summed E-state index contributed by atoms with van der Waals surface area (Å²) in [5, 5.41) is 11.1. The van der Waals surface area contributed by atoms with Crippen LogP contribution in [0.3, 0.4) is 0 Å². The Kier molecular flexibility index (Phi) is 9.07. The van der Waals surface area contributed by atoms with Gasteiger partial charge in [0.2, 0.25) is 5.91 Å². The fourth-order valence-electron chi connectivity index (χ4n) is 10.3. The second kappa shape index (κ2) is 13.5. The molecule has 3 aliphatic heterocycles. The smallest absolute Gasteiger partial charge is 0.444 e. The number of nitriles is 1. The van der Waals surface area contributed by atoms with Crippen LogP contribution < -0.4 is 0 Å². The Morgan fingerprint density at radius 2 is 1.82 bits per heavy atom. The highest BCUT2D eigenvalue weighted by atomic mass is 35.5. The van der Waals surface area contributed by atoms with Crippen LogP contribution in [0.4, 0.5) is 22.4 Å². The number of piperidine rings is 1. The summed E-state index contributed by atoms with van der Waals surface area (Å²) in [7, 11) is 0. The van der Waals surface area contributed by atoms with Gasteiger partial charge in [-0.05, 0) is 90.0 Å². The number of carbonyl (C=O) groups excluding carboxylic acids is 2. The SMILES string of the molecule is Cc1nc2c(F)c(-c3cccc(Cl)c3Cl)c(CCC#N)cc2c2c1cc([C@H]1[C@H]3C[C@H](C[C@@H]3OC(F)(F)F)N1C(=O)C1CC1)n2[C@H]1[C@@H]2C[C@H]1N(C(=O)OC(C)(C)C)C2. The van der Waals surface area contributed by atoms with Gasteiger partial charge in [-0.25, -0.2) is 14.2 Å². The zero-order chi connectivity index (χ0) is 40.5. The van der Waals surface area contributed by atoms with Crippen molar-refractivity contribution >= 4 is 57.0 Å². The van der Waals surface area contributed by atoms with Crippen molar-refractivity contribution in [2.45, 2.75) is 115 Å². The first-order chi connectivity index (χ1) is 27.0. The summed E-state index contributed by atoms with van der Waals surface area (Å²) >= 11 is 13.1. The van der Waals surface area contributed by atoms with Gasteiger partial charge in [-0.15, -0.1) is 13.2 Å². The third-order valence-corrected chi connectivity index (χ3v) is 13.4. The molecule has 3 saturated carbocycles. The first-order valence-corrected chi connectivity index (χ1v) is 20.3. The molecule has 3 saturated heterocycles. The molecule has 7 atom stereocenters. The molecule has 6 fully saturated rings.